The number of amides is 4. The summed E-state index contributed by atoms with van der Waals surface area (Å²) in [4.78, 5) is 106. The molecular weight excluding hydrogens is 1040 g/mol. The number of benzene rings is 2. The van der Waals surface area contributed by atoms with Crippen molar-refractivity contribution in [2.24, 2.45) is 23.7 Å². The Morgan fingerprint density at radius 3 is 1.13 bits per heavy atom. The molecule has 1 fully saturated rings. The summed E-state index contributed by atoms with van der Waals surface area (Å²) in [5, 5.41) is 1.24. The van der Waals surface area contributed by atoms with E-state index in [1.807, 2.05) is 104 Å². The third-order valence-electron chi connectivity index (χ3n) is 12.8. The van der Waals surface area contributed by atoms with Crippen LogP contribution in [0, 0.1) is 23.7 Å². The molecule has 71 heavy (non-hydrogen) atoms. The maximum Gasteiger partial charge on any atom is 0.329 e. The lowest BCUT2D eigenvalue weighted by molar-refractivity contribution is -0.174. The molecule has 1 aliphatic heterocycles. The van der Waals surface area contributed by atoms with Gasteiger partial charge in [-0.15, -0.1) is 0 Å². The molecule has 1 aliphatic rings. The van der Waals surface area contributed by atoms with E-state index in [-0.39, 0.29) is 62.4 Å². The van der Waals surface area contributed by atoms with Crippen LogP contribution in [0.4, 0.5) is 0 Å². The van der Waals surface area contributed by atoms with Crippen molar-refractivity contribution in [2.75, 3.05) is 34.8 Å². The molecule has 0 aliphatic carbocycles. The molecule has 15 nitrogen and oxygen atoms in total. The molecule has 4 amide bonds. The fraction of sp³-hybridized carbons (Fsp3) is 0.648. The summed E-state index contributed by atoms with van der Waals surface area (Å²) in [6, 6.07) is 11.0. The first-order valence-corrected chi connectivity index (χ1v) is 27.1. The molecule has 8 atom stereocenters. The molecule has 0 radical (unpaired) electrons. The Bertz CT molecular complexity index is 2080. The fourth-order valence-electron chi connectivity index (χ4n) is 8.53. The third kappa shape index (κ3) is 18.3. The number of likely N-dealkylation sites (N-methyl/N-ethyl adjacent to an activating group) is 4. The van der Waals surface area contributed by atoms with Gasteiger partial charge in [0.1, 0.15) is 24.2 Å². The molecule has 396 valence electrons. The number of carbonyl (C=O) groups is 7. The predicted octanol–water partition coefficient (Wildman–Crippen LogP) is 7.93. The van der Waals surface area contributed by atoms with Gasteiger partial charge in [-0.05, 0) is 85.5 Å². The molecule has 17 heteroatoms. The second-order valence-corrected chi connectivity index (χ2v) is 21.9. The molecule has 3 rings (SSSR count). The van der Waals surface area contributed by atoms with Gasteiger partial charge in [-0.2, -0.15) is 0 Å². The summed E-state index contributed by atoms with van der Waals surface area (Å²) in [6.07, 6.45) is -4.24. The molecular formula is C54H80Br2N4O11. The first-order valence-electron chi connectivity index (χ1n) is 24.9. The molecule has 0 aromatic heterocycles. The van der Waals surface area contributed by atoms with E-state index in [9.17, 15) is 33.6 Å². The summed E-state index contributed by atoms with van der Waals surface area (Å²) in [5.41, 5.74) is 3.49. The Kier molecular flexibility index (Phi) is 24.7. The van der Waals surface area contributed by atoms with Gasteiger partial charge in [0.05, 0.1) is 12.6 Å². The number of nitrogens with zero attached hydrogens (tertiary/aromatic N) is 4. The molecule has 0 saturated carbocycles. The minimum Gasteiger partial charge on any atom is -0.451 e. The molecule has 0 N–H and O–H groups in total. The van der Waals surface area contributed by atoms with Gasteiger partial charge in [0.15, 0.2) is 18.3 Å². The van der Waals surface area contributed by atoms with Gasteiger partial charge in [-0.25, -0.2) is 14.4 Å². The maximum absolute atomic E-state index is 14.8. The third-order valence-corrected chi connectivity index (χ3v) is 14.1. The molecule has 0 spiro atoms. The van der Waals surface area contributed by atoms with Gasteiger partial charge >= 0.3 is 17.9 Å². The van der Waals surface area contributed by atoms with E-state index in [0.717, 1.165) is 16.7 Å². The number of halogens is 2. The largest absolute Gasteiger partial charge is 0.451 e. The number of ether oxygens (including phenoxy) is 4. The normalized spacial score (nSPS) is 24.8. The van der Waals surface area contributed by atoms with Crippen molar-refractivity contribution in [2.45, 2.75) is 167 Å². The summed E-state index contributed by atoms with van der Waals surface area (Å²) in [7, 11) is 5.97. The average Bonchev–Trinajstić information content (AvgIpc) is 3.32. The lowest BCUT2D eigenvalue weighted by Crippen LogP contribution is -2.54. The van der Waals surface area contributed by atoms with Crippen molar-refractivity contribution >= 4 is 73.4 Å². The highest BCUT2D eigenvalue weighted by molar-refractivity contribution is 9.08. The van der Waals surface area contributed by atoms with E-state index in [2.05, 4.69) is 31.9 Å². The van der Waals surface area contributed by atoms with Crippen molar-refractivity contribution in [1.82, 2.24) is 19.6 Å². The minimum atomic E-state index is -1.45. The number of esters is 3. The number of hydrogen-bond acceptors (Lipinski definition) is 11. The van der Waals surface area contributed by atoms with Crippen LogP contribution < -0.4 is 0 Å². The molecule has 2 aromatic carbocycles. The highest BCUT2D eigenvalue weighted by atomic mass is 79.9. The fourth-order valence-corrected chi connectivity index (χ4v) is 9.28. The number of cyclic esters (lactones) is 3. The van der Waals surface area contributed by atoms with Gasteiger partial charge in [-0.3, -0.25) is 19.2 Å². The van der Waals surface area contributed by atoms with Crippen LogP contribution in [0.2, 0.25) is 0 Å². The van der Waals surface area contributed by atoms with Gasteiger partial charge in [0.25, 0.3) is 23.6 Å². The smallest absolute Gasteiger partial charge is 0.329 e. The van der Waals surface area contributed by atoms with Crippen LogP contribution in [-0.4, -0.2) is 145 Å². The second-order valence-electron chi connectivity index (χ2n) is 20.7. The average molecular weight is 1120 g/mol. The maximum atomic E-state index is 14.8. The molecule has 0 bridgehead atoms. The van der Waals surface area contributed by atoms with Crippen LogP contribution in [0.3, 0.4) is 0 Å². The highest BCUT2D eigenvalue weighted by Gasteiger charge is 2.41. The Balaban J connectivity index is 2.24. The SMILES string of the molecule is CC(C)C[C@H]1CO[C@H](Cc2ccc(CBr)cc2)C(=O)N(C)[C@@H](CC(C)C)C(=O)O[C@H](C)C(=O)N(C)[C@@H](CC(C)C)C(=O)O[C@H](Cc2ccc(CBr)cc2)C(=O)N(C)[C@@H](CC(C)C)C(=O)O[C@H](C)C(=O)N1C. The molecule has 2 aromatic rings. The van der Waals surface area contributed by atoms with E-state index in [1.54, 1.807) is 7.05 Å². The summed E-state index contributed by atoms with van der Waals surface area (Å²) in [5.74, 6) is -5.18. The quantitative estimate of drug-likeness (QED) is 0.102. The molecule has 1 heterocycles. The van der Waals surface area contributed by atoms with Crippen LogP contribution in [0.15, 0.2) is 48.5 Å². The van der Waals surface area contributed by atoms with Crippen molar-refractivity contribution in [3.05, 3.63) is 70.8 Å². The van der Waals surface area contributed by atoms with E-state index < -0.39 is 90.1 Å². The zero-order chi connectivity index (χ0) is 53.4. The Morgan fingerprint density at radius 1 is 0.451 bits per heavy atom. The van der Waals surface area contributed by atoms with Crippen molar-refractivity contribution < 1.29 is 52.5 Å². The standard InChI is InChI=1S/C54H80Br2N4O11/c1-32(2)23-42-31-68-46(27-38-15-19-40(29-55)20-16-38)50(63)59(13)43(24-33(3)4)52(65)70-37(10)49(62)58(12)45(26-35(7)8)54(67)71-47(28-39-17-21-41(30-56)22-18-39)51(64)60(14)44(25-34(5)6)53(66)69-36(9)48(61)57(42)11/h15-22,32-37,42-47H,23-31H2,1-14H3/t36-,37-,42+,43+,44+,45+,46-,47-/m1/s1. The first kappa shape index (κ1) is 61.0. The van der Waals surface area contributed by atoms with E-state index in [1.165, 1.54) is 54.6 Å². The lowest BCUT2D eigenvalue weighted by atomic mass is 10.00. The summed E-state index contributed by atoms with van der Waals surface area (Å²) in [6.45, 7) is 18.1. The Labute approximate surface area is 439 Å². The van der Waals surface area contributed by atoms with Crippen LogP contribution >= 0.6 is 31.9 Å². The number of alkyl halides is 2. The Hall–Kier alpha value is -4.35. The predicted molar refractivity (Wildman–Crippen MR) is 280 cm³/mol. The van der Waals surface area contributed by atoms with Crippen molar-refractivity contribution in [3.63, 3.8) is 0 Å². The number of rotatable bonds is 14. The first-order chi connectivity index (χ1) is 33.3. The topological polar surface area (TPSA) is 169 Å². The Morgan fingerprint density at radius 2 is 0.761 bits per heavy atom. The van der Waals surface area contributed by atoms with Gasteiger partial charge in [0.2, 0.25) is 0 Å². The number of hydrogen-bond donors (Lipinski definition) is 0. The zero-order valence-corrected chi connectivity index (χ0v) is 47.6. The zero-order valence-electron chi connectivity index (χ0n) is 44.4. The second kappa shape index (κ2) is 28.8. The lowest BCUT2D eigenvalue weighted by Gasteiger charge is -2.36. The van der Waals surface area contributed by atoms with Crippen LogP contribution in [0.1, 0.15) is 117 Å². The van der Waals surface area contributed by atoms with Gasteiger partial charge in [0, 0.05) is 51.7 Å². The van der Waals surface area contributed by atoms with Gasteiger partial charge in [-0.1, -0.05) is 136 Å². The molecule has 1 saturated heterocycles. The van der Waals surface area contributed by atoms with Crippen LogP contribution in [0.25, 0.3) is 0 Å². The highest BCUT2D eigenvalue weighted by Crippen LogP contribution is 2.24. The van der Waals surface area contributed by atoms with E-state index >= 15 is 0 Å². The summed E-state index contributed by atoms with van der Waals surface area (Å²) < 4.78 is 24.5. The van der Waals surface area contributed by atoms with E-state index in [0.29, 0.717) is 22.6 Å². The van der Waals surface area contributed by atoms with Gasteiger partial charge < -0.3 is 38.5 Å². The summed E-state index contributed by atoms with van der Waals surface area (Å²) >= 11 is 6.95. The van der Waals surface area contributed by atoms with Crippen molar-refractivity contribution in [1.29, 1.82) is 0 Å². The monoisotopic (exact) mass is 1120 g/mol. The van der Waals surface area contributed by atoms with E-state index in [4.69, 9.17) is 18.9 Å². The van der Waals surface area contributed by atoms with Crippen molar-refractivity contribution in [3.8, 4) is 0 Å². The number of carbonyl (C=O) groups excluding carboxylic acids is 7. The van der Waals surface area contributed by atoms with Crippen LogP contribution in [-0.2, 0) is 76.0 Å². The molecule has 0 unspecified atom stereocenters. The van der Waals surface area contributed by atoms with Crippen LogP contribution in [0.5, 0.6) is 0 Å². The minimum absolute atomic E-state index is 0.0618.